The second-order valence-corrected chi connectivity index (χ2v) is 9.06. The summed E-state index contributed by atoms with van der Waals surface area (Å²) in [6, 6.07) is 12.7. The summed E-state index contributed by atoms with van der Waals surface area (Å²) < 4.78 is 5.46. The molecule has 0 radical (unpaired) electrons. The number of thiazole rings is 1. The molecule has 168 valence electrons. The third kappa shape index (κ3) is 4.89. The molecular formula is C25H22ClN3O3S. The van der Waals surface area contributed by atoms with Gasteiger partial charge in [0.15, 0.2) is 5.13 Å². The van der Waals surface area contributed by atoms with Gasteiger partial charge in [-0.25, -0.2) is 14.8 Å². The van der Waals surface area contributed by atoms with Gasteiger partial charge >= 0.3 is 5.97 Å². The number of nitrogens with zero attached hydrogens (tertiary/aromatic N) is 3. The van der Waals surface area contributed by atoms with Gasteiger partial charge in [0.05, 0.1) is 22.5 Å². The van der Waals surface area contributed by atoms with Gasteiger partial charge in [-0.1, -0.05) is 29.3 Å². The van der Waals surface area contributed by atoms with E-state index >= 15 is 0 Å². The van der Waals surface area contributed by atoms with Gasteiger partial charge in [-0.3, -0.25) is 9.69 Å². The Bertz CT molecular complexity index is 1360. The molecule has 6 nitrogen and oxygen atoms in total. The first-order valence-electron chi connectivity index (χ1n) is 10.3. The molecule has 0 fully saturated rings. The highest BCUT2D eigenvalue weighted by atomic mass is 35.5. The lowest BCUT2D eigenvalue weighted by Crippen LogP contribution is -2.24. The van der Waals surface area contributed by atoms with Gasteiger partial charge in [-0.05, 0) is 62.2 Å². The minimum Gasteiger partial charge on any atom is -0.456 e. The Kier molecular flexibility index (Phi) is 6.44. The molecule has 33 heavy (non-hydrogen) atoms. The van der Waals surface area contributed by atoms with Gasteiger partial charge in [0.1, 0.15) is 11.8 Å². The molecule has 0 saturated carbocycles. The van der Waals surface area contributed by atoms with Crippen LogP contribution in [-0.4, -0.2) is 21.8 Å². The molecule has 0 atom stereocenters. The number of hydrogen-bond acceptors (Lipinski definition) is 6. The molecule has 0 aliphatic rings. The van der Waals surface area contributed by atoms with E-state index in [-0.39, 0.29) is 12.5 Å². The fraction of sp³-hybridized carbons (Fsp3) is 0.200. The molecule has 2 heterocycles. The van der Waals surface area contributed by atoms with Crippen LogP contribution in [-0.2, 0) is 16.1 Å². The number of pyridine rings is 1. The largest absolute Gasteiger partial charge is 0.456 e. The minimum absolute atomic E-state index is 0.00381. The Morgan fingerprint density at radius 3 is 2.45 bits per heavy atom. The number of esters is 1. The van der Waals surface area contributed by atoms with Crippen molar-refractivity contribution in [3.8, 4) is 0 Å². The number of hydrogen-bond donors (Lipinski definition) is 0. The van der Waals surface area contributed by atoms with Crippen LogP contribution in [0, 0.1) is 20.8 Å². The van der Waals surface area contributed by atoms with Gasteiger partial charge in [0, 0.05) is 17.7 Å². The van der Waals surface area contributed by atoms with E-state index in [1.54, 1.807) is 40.6 Å². The Hall–Kier alpha value is -3.29. The quantitative estimate of drug-likeness (QED) is 0.247. The van der Waals surface area contributed by atoms with Gasteiger partial charge in [-0.2, -0.15) is 0 Å². The summed E-state index contributed by atoms with van der Waals surface area (Å²) in [4.78, 5) is 35.5. The van der Waals surface area contributed by atoms with Crippen LogP contribution in [0.5, 0.6) is 0 Å². The summed E-state index contributed by atoms with van der Waals surface area (Å²) in [5.41, 5.74) is 5.65. The molecular weight excluding hydrogens is 458 g/mol. The van der Waals surface area contributed by atoms with Crippen LogP contribution in [0.1, 0.15) is 39.7 Å². The molecule has 8 heteroatoms. The van der Waals surface area contributed by atoms with Gasteiger partial charge < -0.3 is 4.74 Å². The number of ether oxygens (including phenoxy) is 1. The van der Waals surface area contributed by atoms with Crippen molar-refractivity contribution >= 4 is 56.5 Å². The molecule has 0 bridgehead atoms. The van der Waals surface area contributed by atoms with Crippen molar-refractivity contribution in [1.82, 2.24) is 9.97 Å². The number of benzene rings is 2. The Balaban J connectivity index is 1.52. The van der Waals surface area contributed by atoms with E-state index in [1.165, 1.54) is 18.3 Å². The number of carbonyl (C=O) groups excluding carboxylic acids is 2. The maximum absolute atomic E-state index is 12.6. The van der Waals surface area contributed by atoms with Crippen molar-refractivity contribution in [3.63, 3.8) is 0 Å². The van der Waals surface area contributed by atoms with Crippen molar-refractivity contribution in [2.45, 2.75) is 34.3 Å². The van der Waals surface area contributed by atoms with Gasteiger partial charge in [0.25, 0.3) is 0 Å². The average molecular weight is 480 g/mol. The van der Waals surface area contributed by atoms with Crippen molar-refractivity contribution in [2.75, 3.05) is 4.90 Å². The van der Waals surface area contributed by atoms with E-state index in [2.05, 4.69) is 9.97 Å². The maximum atomic E-state index is 12.6. The third-order valence-electron chi connectivity index (χ3n) is 5.15. The lowest BCUT2D eigenvalue weighted by atomic mass is 10.0. The number of aryl methyl sites for hydroxylation is 3. The molecule has 1 amide bonds. The van der Waals surface area contributed by atoms with Crippen LogP contribution in [0.25, 0.3) is 10.9 Å². The average Bonchev–Trinajstić information content (AvgIpc) is 3.22. The molecule has 0 N–H and O–H groups in total. The van der Waals surface area contributed by atoms with E-state index in [4.69, 9.17) is 16.3 Å². The number of halogens is 1. The fourth-order valence-corrected chi connectivity index (χ4v) is 4.84. The standard InChI is InChI=1S/C25H22ClN3O3S/c1-14-9-15(2)23(16(3)10-14)29(17(4)30)25-27-20(13-33-25)12-32-24(31)19-5-7-21-18(11-19)6-8-22(26)28-21/h5-11,13H,12H2,1-4H3. The minimum atomic E-state index is -0.463. The van der Waals surface area contributed by atoms with E-state index in [9.17, 15) is 9.59 Å². The smallest absolute Gasteiger partial charge is 0.338 e. The van der Waals surface area contributed by atoms with Gasteiger partial charge in [0.2, 0.25) is 5.91 Å². The first-order chi connectivity index (χ1) is 15.7. The zero-order valence-electron chi connectivity index (χ0n) is 18.7. The highest BCUT2D eigenvalue weighted by Gasteiger charge is 2.22. The van der Waals surface area contributed by atoms with Crippen molar-refractivity contribution in [3.05, 3.63) is 80.9 Å². The van der Waals surface area contributed by atoms with Crippen LogP contribution in [0.4, 0.5) is 10.8 Å². The van der Waals surface area contributed by atoms with Gasteiger partial charge in [-0.15, -0.1) is 11.3 Å². The van der Waals surface area contributed by atoms with E-state index in [0.717, 1.165) is 27.8 Å². The molecule has 2 aromatic heterocycles. The first kappa shape index (κ1) is 22.9. The Morgan fingerprint density at radius 2 is 1.76 bits per heavy atom. The normalized spacial score (nSPS) is 10.9. The third-order valence-corrected chi connectivity index (χ3v) is 6.23. The molecule has 0 spiro atoms. The van der Waals surface area contributed by atoms with Crippen molar-refractivity contribution in [1.29, 1.82) is 0 Å². The zero-order chi connectivity index (χ0) is 23.7. The lowest BCUT2D eigenvalue weighted by molar-refractivity contribution is -0.115. The fourth-order valence-electron chi connectivity index (χ4n) is 3.83. The lowest BCUT2D eigenvalue weighted by Gasteiger charge is -2.23. The topological polar surface area (TPSA) is 72.4 Å². The summed E-state index contributed by atoms with van der Waals surface area (Å²) in [6.07, 6.45) is 0. The summed E-state index contributed by atoms with van der Waals surface area (Å²) in [7, 11) is 0. The second kappa shape index (κ2) is 9.29. The number of rotatable bonds is 5. The summed E-state index contributed by atoms with van der Waals surface area (Å²) in [5, 5.41) is 3.53. The number of anilines is 2. The first-order valence-corrected chi connectivity index (χ1v) is 11.5. The number of fused-ring (bicyclic) bond motifs is 1. The van der Waals surface area contributed by atoms with Crippen molar-refractivity contribution < 1.29 is 14.3 Å². The van der Waals surface area contributed by atoms with Crippen LogP contribution >= 0.6 is 22.9 Å². The Labute approximate surface area is 200 Å². The monoisotopic (exact) mass is 479 g/mol. The molecule has 4 rings (SSSR count). The molecule has 2 aromatic carbocycles. The number of carbonyl (C=O) groups is 2. The van der Waals surface area contributed by atoms with Crippen LogP contribution < -0.4 is 4.90 Å². The van der Waals surface area contributed by atoms with E-state index < -0.39 is 5.97 Å². The maximum Gasteiger partial charge on any atom is 0.338 e. The summed E-state index contributed by atoms with van der Waals surface area (Å²) >= 11 is 7.25. The highest BCUT2D eigenvalue weighted by molar-refractivity contribution is 7.14. The molecule has 0 aliphatic carbocycles. The molecule has 0 unspecified atom stereocenters. The SMILES string of the molecule is CC(=O)N(c1nc(COC(=O)c2ccc3nc(Cl)ccc3c2)cs1)c1c(C)cc(C)cc1C. The van der Waals surface area contributed by atoms with Crippen LogP contribution in [0.2, 0.25) is 5.15 Å². The van der Waals surface area contributed by atoms with Crippen LogP contribution in [0.15, 0.2) is 47.8 Å². The highest BCUT2D eigenvalue weighted by Crippen LogP contribution is 2.34. The zero-order valence-corrected chi connectivity index (χ0v) is 20.3. The molecule has 0 aliphatic heterocycles. The number of amides is 1. The van der Waals surface area contributed by atoms with Crippen LogP contribution in [0.3, 0.4) is 0 Å². The molecule has 4 aromatic rings. The predicted molar refractivity (Wildman–Crippen MR) is 131 cm³/mol. The number of aromatic nitrogens is 2. The second-order valence-electron chi connectivity index (χ2n) is 7.84. The van der Waals surface area contributed by atoms with E-state index in [0.29, 0.717) is 27.1 Å². The predicted octanol–water partition coefficient (Wildman–Crippen LogP) is 6.31. The molecule has 0 saturated heterocycles. The Morgan fingerprint density at radius 1 is 1.03 bits per heavy atom. The summed E-state index contributed by atoms with van der Waals surface area (Å²) in [6.45, 7) is 7.51. The van der Waals surface area contributed by atoms with Crippen molar-refractivity contribution in [2.24, 2.45) is 0 Å². The van der Waals surface area contributed by atoms with E-state index in [1.807, 2.05) is 32.9 Å². The summed E-state index contributed by atoms with van der Waals surface area (Å²) in [5.74, 6) is -0.595.